The third-order valence-corrected chi connectivity index (χ3v) is 2.05. The third kappa shape index (κ3) is 3.09. The summed E-state index contributed by atoms with van der Waals surface area (Å²) < 4.78 is 13.3. The van der Waals surface area contributed by atoms with Crippen LogP contribution in [0.1, 0.15) is 31.9 Å². The molecule has 0 saturated carbocycles. The van der Waals surface area contributed by atoms with Gasteiger partial charge >= 0.3 is 0 Å². The van der Waals surface area contributed by atoms with Gasteiger partial charge in [0.25, 0.3) is 0 Å². The van der Waals surface area contributed by atoms with Gasteiger partial charge in [0.1, 0.15) is 5.82 Å². The second-order valence-corrected chi connectivity index (χ2v) is 4.32. The molecule has 2 nitrogen and oxygen atoms in total. The molecule has 1 aromatic rings. The Hall–Kier alpha value is -0.930. The maximum absolute atomic E-state index is 13.3. The van der Waals surface area contributed by atoms with Crippen LogP contribution < -0.4 is 11.5 Å². The van der Waals surface area contributed by atoms with E-state index in [4.69, 9.17) is 11.5 Å². The Morgan fingerprint density at radius 1 is 1.36 bits per heavy atom. The van der Waals surface area contributed by atoms with Gasteiger partial charge in [0.2, 0.25) is 0 Å². The zero-order valence-electron chi connectivity index (χ0n) is 8.63. The predicted molar refractivity (Wildman–Crippen MR) is 56.2 cm³/mol. The number of nitrogens with two attached hydrogens (primary N) is 2. The summed E-state index contributed by atoms with van der Waals surface area (Å²) >= 11 is 0. The molecule has 1 rings (SSSR count). The Kier molecular flexibility index (Phi) is 3.24. The fourth-order valence-electron chi connectivity index (χ4n) is 1.45. The SMILES string of the molecule is CC(C)(N)CC(N)c1ccccc1F. The lowest BCUT2D eigenvalue weighted by molar-refractivity contribution is 0.420. The monoisotopic (exact) mass is 196 g/mol. The van der Waals surface area contributed by atoms with Crippen molar-refractivity contribution in [3.63, 3.8) is 0 Å². The van der Waals surface area contributed by atoms with Gasteiger partial charge in [0.15, 0.2) is 0 Å². The summed E-state index contributed by atoms with van der Waals surface area (Å²) in [6.07, 6.45) is 0.563. The van der Waals surface area contributed by atoms with Gasteiger partial charge in [-0.15, -0.1) is 0 Å². The Bertz CT molecular complexity index is 304. The van der Waals surface area contributed by atoms with Crippen LogP contribution in [0.3, 0.4) is 0 Å². The van der Waals surface area contributed by atoms with Gasteiger partial charge < -0.3 is 11.5 Å². The number of halogens is 1. The Morgan fingerprint density at radius 3 is 2.43 bits per heavy atom. The fraction of sp³-hybridized carbons (Fsp3) is 0.455. The molecule has 0 aromatic heterocycles. The van der Waals surface area contributed by atoms with Crippen LogP contribution in [-0.2, 0) is 0 Å². The van der Waals surface area contributed by atoms with E-state index < -0.39 is 0 Å². The second kappa shape index (κ2) is 4.07. The van der Waals surface area contributed by atoms with Crippen LogP contribution in [0.4, 0.5) is 4.39 Å². The Balaban J connectivity index is 2.80. The van der Waals surface area contributed by atoms with Crippen molar-refractivity contribution in [3.8, 4) is 0 Å². The first-order valence-electron chi connectivity index (χ1n) is 4.69. The summed E-state index contributed by atoms with van der Waals surface area (Å²) in [6.45, 7) is 3.77. The van der Waals surface area contributed by atoms with Crippen molar-refractivity contribution in [2.45, 2.75) is 31.8 Å². The zero-order chi connectivity index (χ0) is 10.8. The third-order valence-electron chi connectivity index (χ3n) is 2.05. The minimum absolute atomic E-state index is 0.260. The van der Waals surface area contributed by atoms with Crippen molar-refractivity contribution in [2.24, 2.45) is 11.5 Å². The molecular weight excluding hydrogens is 179 g/mol. The molecule has 0 amide bonds. The van der Waals surface area contributed by atoms with Crippen LogP contribution in [0.2, 0.25) is 0 Å². The first-order valence-corrected chi connectivity index (χ1v) is 4.69. The van der Waals surface area contributed by atoms with Crippen LogP contribution in [0.15, 0.2) is 24.3 Å². The molecule has 0 spiro atoms. The summed E-state index contributed by atoms with van der Waals surface area (Å²) in [5.74, 6) is -0.260. The van der Waals surface area contributed by atoms with E-state index in [2.05, 4.69) is 0 Å². The molecule has 1 aromatic carbocycles. The fourth-order valence-corrected chi connectivity index (χ4v) is 1.45. The second-order valence-electron chi connectivity index (χ2n) is 4.32. The van der Waals surface area contributed by atoms with Crippen molar-refractivity contribution in [1.29, 1.82) is 0 Å². The number of hydrogen-bond acceptors (Lipinski definition) is 2. The lowest BCUT2D eigenvalue weighted by Gasteiger charge is -2.23. The van der Waals surface area contributed by atoms with Crippen molar-refractivity contribution in [3.05, 3.63) is 35.6 Å². The normalized spacial score (nSPS) is 14.1. The van der Waals surface area contributed by atoms with Gasteiger partial charge in [-0.25, -0.2) is 4.39 Å². The molecule has 3 heteroatoms. The average molecular weight is 196 g/mol. The molecule has 0 saturated heterocycles. The van der Waals surface area contributed by atoms with E-state index in [-0.39, 0.29) is 17.4 Å². The summed E-state index contributed by atoms with van der Waals surface area (Å²) in [6, 6.07) is 6.21. The maximum atomic E-state index is 13.3. The van der Waals surface area contributed by atoms with E-state index in [1.165, 1.54) is 6.07 Å². The van der Waals surface area contributed by atoms with Gasteiger partial charge in [-0.2, -0.15) is 0 Å². The first-order chi connectivity index (χ1) is 6.40. The summed E-state index contributed by atoms with van der Waals surface area (Å²) in [7, 11) is 0. The van der Waals surface area contributed by atoms with Crippen molar-refractivity contribution >= 4 is 0 Å². The molecular formula is C11H17FN2. The molecule has 0 heterocycles. The maximum Gasteiger partial charge on any atom is 0.127 e. The van der Waals surface area contributed by atoms with Crippen molar-refractivity contribution in [2.75, 3.05) is 0 Å². The van der Waals surface area contributed by atoms with Gasteiger partial charge in [-0.3, -0.25) is 0 Å². The Labute approximate surface area is 84.1 Å². The van der Waals surface area contributed by atoms with Crippen LogP contribution in [0, 0.1) is 5.82 Å². The smallest absolute Gasteiger partial charge is 0.127 e. The highest BCUT2D eigenvalue weighted by Crippen LogP contribution is 2.21. The van der Waals surface area contributed by atoms with Crippen molar-refractivity contribution < 1.29 is 4.39 Å². The standard InChI is InChI=1S/C11H17FN2/c1-11(2,14)7-10(13)8-5-3-4-6-9(8)12/h3-6,10H,7,13-14H2,1-2H3. The van der Waals surface area contributed by atoms with E-state index in [9.17, 15) is 4.39 Å². The van der Waals surface area contributed by atoms with E-state index in [0.717, 1.165) is 0 Å². The molecule has 1 unspecified atom stereocenters. The molecule has 4 N–H and O–H groups in total. The first kappa shape index (κ1) is 11.1. The summed E-state index contributed by atoms with van der Waals surface area (Å²) in [5.41, 5.74) is 11.8. The number of rotatable bonds is 3. The average Bonchev–Trinajstić information content (AvgIpc) is 2.01. The van der Waals surface area contributed by atoms with E-state index in [0.29, 0.717) is 12.0 Å². The topological polar surface area (TPSA) is 52.0 Å². The number of benzene rings is 1. The van der Waals surface area contributed by atoms with E-state index in [1.807, 2.05) is 13.8 Å². The highest BCUT2D eigenvalue weighted by molar-refractivity contribution is 5.21. The molecule has 0 aliphatic heterocycles. The molecule has 78 valence electrons. The molecule has 0 fully saturated rings. The predicted octanol–water partition coefficient (Wildman–Crippen LogP) is 1.95. The lowest BCUT2D eigenvalue weighted by Crippen LogP contribution is -2.36. The minimum atomic E-state index is -0.373. The highest BCUT2D eigenvalue weighted by Gasteiger charge is 2.19. The molecule has 0 bridgehead atoms. The van der Waals surface area contributed by atoms with Crippen LogP contribution >= 0.6 is 0 Å². The number of hydrogen-bond donors (Lipinski definition) is 2. The van der Waals surface area contributed by atoms with Crippen LogP contribution in [0.25, 0.3) is 0 Å². The van der Waals surface area contributed by atoms with Gasteiger partial charge in [0, 0.05) is 17.1 Å². The zero-order valence-corrected chi connectivity index (χ0v) is 8.63. The summed E-state index contributed by atoms with van der Waals surface area (Å²) in [5, 5.41) is 0. The van der Waals surface area contributed by atoms with Gasteiger partial charge in [0.05, 0.1) is 0 Å². The molecule has 0 radical (unpaired) electrons. The van der Waals surface area contributed by atoms with E-state index >= 15 is 0 Å². The highest BCUT2D eigenvalue weighted by atomic mass is 19.1. The van der Waals surface area contributed by atoms with Gasteiger partial charge in [-0.1, -0.05) is 18.2 Å². The molecule has 14 heavy (non-hydrogen) atoms. The van der Waals surface area contributed by atoms with Crippen LogP contribution in [-0.4, -0.2) is 5.54 Å². The van der Waals surface area contributed by atoms with E-state index in [1.54, 1.807) is 18.2 Å². The quantitative estimate of drug-likeness (QED) is 0.776. The molecule has 1 atom stereocenters. The lowest BCUT2D eigenvalue weighted by atomic mass is 9.92. The van der Waals surface area contributed by atoms with Crippen LogP contribution in [0.5, 0.6) is 0 Å². The Morgan fingerprint density at radius 2 is 1.93 bits per heavy atom. The van der Waals surface area contributed by atoms with Crippen molar-refractivity contribution in [1.82, 2.24) is 0 Å². The minimum Gasteiger partial charge on any atom is -0.325 e. The molecule has 0 aliphatic rings. The largest absolute Gasteiger partial charge is 0.325 e. The summed E-state index contributed by atoms with van der Waals surface area (Å²) in [4.78, 5) is 0. The van der Waals surface area contributed by atoms with Gasteiger partial charge in [-0.05, 0) is 26.3 Å². The molecule has 0 aliphatic carbocycles.